The molecule has 1 saturated heterocycles. The van der Waals surface area contributed by atoms with E-state index in [9.17, 15) is 23.1 Å². The van der Waals surface area contributed by atoms with Crippen LogP contribution >= 0.6 is 0 Å². The Morgan fingerprint density at radius 2 is 1.97 bits per heavy atom. The average molecular weight is 494 g/mol. The van der Waals surface area contributed by atoms with Gasteiger partial charge in [-0.25, -0.2) is 14.4 Å². The zero-order chi connectivity index (χ0) is 25.3. The van der Waals surface area contributed by atoms with Crippen LogP contribution in [-0.4, -0.2) is 63.2 Å². The van der Waals surface area contributed by atoms with E-state index in [-0.39, 0.29) is 24.4 Å². The summed E-state index contributed by atoms with van der Waals surface area (Å²) in [5, 5.41) is 10.8. The molecule has 0 aliphatic carbocycles. The number of hydrogen-bond acceptors (Lipinski definition) is 6. The number of nitrogens with two attached hydrogens (primary N) is 1. The number of β-amino-alcohol motifs (C(OH)–C–C–N with tert-alkyl or cyclic N) is 1. The van der Waals surface area contributed by atoms with Gasteiger partial charge in [0.15, 0.2) is 5.82 Å². The summed E-state index contributed by atoms with van der Waals surface area (Å²) in [6.45, 7) is 1.50. The van der Waals surface area contributed by atoms with Gasteiger partial charge in [0.1, 0.15) is 17.8 Å². The number of alkyl halides is 3. The summed E-state index contributed by atoms with van der Waals surface area (Å²) in [4.78, 5) is 23.0. The van der Waals surface area contributed by atoms with Crippen molar-refractivity contribution in [3.63, 3.8) is 0 Å². The first kappa shape index (κ1) is 24.9. The maximum atomic E-state index is 15.0. The van der Waals surface area contributed by atoms with Gasteiger partial charge in [0.05, 0.1) is 23.6 Å². The summed E-state index contributed by atoms with van der Waals surface area (Å²) in [5.74, 6) is -0.852. The fourth-order valence-electron chi connectivity index (χ4n) is 4.51. The second-order valence-electron chi connectivity index (χ2n) is 8.89. The highest BCUT2D eigenvalue weighted by Crippen LogP contribution is 2.31. The minimum absolute atomic E-state index is 0.0761. The highest BCUT2D eigenvalue weighted by atomic mass is 19.4. The van der Waals surface area contributed by atoms with Crippen LogP contribution in [0.5, 0.6) is 0 Å². The van der Waals surface area contributed by atoms with E-state index < -0.39 is 29.6 Å². The normalized spacial score (nSPS) is 19.3. The minimum Gasteiger partial charge on any atom is -0.391 e. The number of carbonyl (C=O) groups excluding carboxylic acids is 1. The third-order valence-corrected chi connectivity index (χ3v) is 6.27. The van der Waals surface area contributed by atoms with Crippen molar-refractivity contribution in [1.82, 2.24) is 19.4 Å². The maximum Gasteiger partial charge on any atom is 0.416 e. The van der Waals surface area contributed by atoms with Crippen molar-refractivity contribution < 1.29 is 27.5 Å². The van der Waals surface area contributed by atoms with Gasteiger partial charge < -0.3 is 20.3 Å². The lowest BCUT2D eigenvalue weighted by molar-refractivity contribution is -0.137. The zero-order valence-electron chi connectivity index (χ0n) is 19.0. The number of rotatable bonds is 7. The standard InChI is InChI=1S/C23H26F4N6O2/c1-31(8-14-2-4-16(5-3-14)23(25,26)27)21-20-17(24)10-33(22(20)30-13-29-21)9-15-6-7-32(11-18(15)34)12-19(28)35/h2-5,10,13,15,18,34H,6-9,11-12H2,1H3,(H2,28,35)/t15?,18-/m0/s1. The van der Waals surface area contributed by atoms with Crippen LogP contribution in [0.25, 0.3) is 11.0 Å². The van der Waals surface area contributed by atoms with Crippen molar-refractivity contribution >= 4 is 22.8 Å². The maximum absolute atomic E-state index is 15.0. The smallest absolute Gasteiger partial charge is 0.391 e. The molecule has 1 fully saturated rings. The van der Waals surface area contributed by atoms with Crippen LogP contribution in [-0.2, 0) is 24.1 Å². The molecule has 1 amide bonds. The molecule has 0 saturated carbocycles. The Kier molecular flexibility index (Phi) is 6.95. The lowest BCUT2D eigenvalue weighted by Crippen LogP contribution is -2.47. The van der Waals surface area contributed by atoms with E-state index in [1.807, 2.05) is 0 Å². The first-order valence-electron chi connectivity index (χ1n) is 11.1. The van der Waals surface area contributed by atoms with Crippen LogP contribution in [0.3, 0.4) is 0 Å². The number of nitrogens with zero attached hydrogens (tertiary/aromatic N) is 5. The van der Waals surface area contributed by atoms with Gasteiger partial charge in [-0.1, -0.05) is 12.1 Å². The Labute approximate surface area is 199 Å². The number of fused-ring (bicyclic) bond motifs is 1. The molecule has 8 nitrogen and oxygen atoms in total. The average Bonchev–Trinajstić information content (AvgIpc) is 3.10. The number of aliphatic hydroxyl groups excluding tert-OH is 1. The van der Waals surface area contributed by atoms with E-state index >= 15 is 4.39 Å². The number of primary amides is 1. The molecule has 35 heavy (non-hydrogen) atoms. The number of amides is 1. The molecule has 3 N–H and O–H groups in total. The van der Waals surface area contributed by atoms with Crippen molar-refractivity contribution in [3.05, 3.63) is 53.7 Å². The lowest BCUT2D eigenvalue weighted by atomic mass is 9.93. The first-order valence-corrected chi connectivity index (χ1v) is 11.1. The van der Waals surface area contributed by atoms with Gasteiger partial charge >= 0.3 is 6.18 Å². The van der Waals surface area contributed by atoms with E-state index in [0.717, 1.165) is 12.1 Å². The van der Waals surface area contributed by atoms with Crippen LogP contribution in [0, 0.1) is 11.7 Å². The van der Waals surface area contributed by atoms with Crippen LogP contribution in [0.1, 0.15) is 17.5 Å². The van der Waals surface area contributed by atoms with Gasteiger partial charge in [-0.15, -0.1) is 0 Å². The molecule has 12 heteroatoms. The third kappa shape index (κ3) is 5.54. The largest absolute Gasteiger partial charge is 0.416 e. The van der Waals surface area contributed by atoms with Crippen molar-refractivity contribution in [2.45, 2.75) is 31.8 Å². The van der Waals surface area contributed by atoms with Gasteiger partial charge in [-0.05, 0) is 30.7 Å². The number of benzene rings is 1. The number of anilines is 1. The second kappa shape index (κ2) is 9.78. The molecule has 1 aliphatic rings. The Balaban J connectivity index is 1.52. The van der Waals surface area contributed by atoms with Crippen LogP contribution in [0.15, 0.2) is 36.8 Å². The van der Waals surface area contributed by atoms with Crippen molar-refractivity contribution in [1.29, 1.82) is 0 Å². The summed E-state index contributed by atoms with van der Waals surface area (Å²) in [7, 11) is 1.68. The fourth-order valence-corrected chi connectivity index (χ4v) is 4.51. The van der Waals surface area contributed by atoms with E-state index in [4.69, 9.17) is 5.73 Å². The summed E-state index contributed by atoms with van der Waals surface area (Å²) in [6, 6.07) is 4.78. The highest BCUT2D eigenvalue weighted by molar-refractivity contribution is 5.88. The Hall–Kier alpha value is -3.25. The van der Waals surface area contributed by atoms with Crippen molar-refractivity contribution in [2.24, 2.45) is 11.7 Å². The molecule has 0 bridgehead atoms. The monoisotopic (exact) mass is 494 g/mol. The molecule has 1 aliphatic heterocycles. The molecule has 2 atom stereocenters. The van der Waals surface area contributed by atoms with Gasteiger partial charge in [-0.2, -0.15) is 13.2 Å². The highest BCUT2D eigenvalue weighted by Gasteiger charge is 2.31. The predicted octanol–water partition coefficient (Wildman–Crippen LogP) is 2.39. The molecular formula is C23H26F4N6O2. The Morgan fingerprint density at radius 1 is 1.26 bits per heavy atom. The third-order valence-electron chi connectivity index (χ3n) is 6.27. The molecule has 2 aromatic heterocycles. The molecule has 0 radical (unpaired) electrons. The molecule has 1 aromatic carbocycles. The van der Waals surface area contributed by atoms with Crippen LogP contribution in [0.4, 0.5) is 23.4 Å². The molecule has 4 rings (SSSR count). The Morgan fingerprint density at radius 3 is 2.60 bits per heavy atom. The number of carbonyl (C=O) groups is 1. The topological polar surface area (TPSA) is 101 Å². The number of aliphatic hydroxyl groups is 1. The minimum atomic E-state index is -4.42. The number of hydrogen-bond donors (Lipinski definition) is 2. The summed E-state index contributed by atoms with van der Waals surface area (Å²) in [5.41, 5.74) is 5.46. The zero-order valence-corrected chi connectivity index (χ0v) is 19.0. The molecule has 188 valence electrons. The predicted molar refractivity (Wildman–Crippen MR) is 121 cm³/mol. The molecule has 3 aromatic rings. The summed E-state index contributed by atoms with van der Waals surface area (Å²) < 4.78 is 55.1. The quantitative estimate of drug-likeness (QED) is 0.490. The number of piperidine rings is 1. The molecule has 3 heterocycles. The van der Waals surface area contributed by atoms with Crippen molar-refractivity contribution in [2.75, 3.05) is 31.6 Å². The van der Waals surface area contributed by atoms with E-state index in [1.54, 1.807) is 21.4 Å². The molecular weight excluding hydrogens is 468 g/mol. The lowest BCUT2D eigenvalue weighted by Gasteiger charge is -2.35. The summed E-state index contributed by atoms with van der Waals surface area (Å²) >= 11 is 0. The van der Waals surface area contributed by atoms with E-state index in [2.05, 4.69) is 9.97 Å². The molecule has 0 spiro atoms. The van der Waals surface area contributed by atoms with Gasteiger partial charge in [0, 0.05) is 38.8 Å². The Bertz CT molecular complexity index is 1200. The SMILES string of the molecule is CN(Cc1ccc(C(F)(F)F)cc1)c1ncnc2c1c(F)cn2CC1CCN(CC(N)=O)C[C@@H]1O. The number of aromatic nitrogens is 3. The summed E-state index contributed by atoms with van der Waals surface area (Å²) in [6.07, 6.45) is -1.91. The number of likely N-dealkylation sites (tertiary alicyclic amines) is 1. The number of halogens is 4. The van der Waals surface area contributed by atoms with Gasteiger partial charge in [0.2, 0.25) is 5.91 Å². The van der Waals surface area contributed by atoms with E-state index in [0.29, 0.717) is 43.1 Å². The van der Waals surface area contributed by atoms with Crippen LogP contribution in [0.2, 0.25) is 0 Å². The molecule has 1 unspecified atom stereocenters. The van der Waals surface area contributed by atoms with Crippen molar-refractivity contribution in [3.8, 4) is 0 Å². The van der Waals surface area contributed by atoms with E-state index in [1.165, 1.54) is 24.7 Å². The first-order chi connectivity index (χ1) is 16.5. The fraction of sp³-hybridized carbons (Fsp3) is 0.435. The van der Waals surface area contributed by atoms with Crippen LogP contribution < -0.4 is 10.6 Å². The van der Waals surface area contributed by atoms with Gasteiger partial charge in [-0.3, -0.25) is 9.69 Å². The van der Waals surface area contributed by atoms with Gasteiger partial charge in [0.25, 0.3) is 0 Å². The second-order valence-corrected chi connectivity index (χ2v) is 8.89.